The first-order chi connectivity index (χ1) is 14.4. The minimum atomic E-state index is -1.86. The molecule has 5 unspecified atom stereocenters. The number of halogens is 2. The SMILES string of the molecule is CC1(C)O[C@@H]2CC3C4CCC5=CC(=O)CCC5(C)[C@]4(F)C(O)CC3(C)[C@]2(C(=O)CCl)O1. The molecule has 0 aromatic heterocycles. The molecule has 5 nitrogen and oxygen atoms in total. The molecule has 0 bridgehead atoms. The summed E-state index contributed by atoms with van der Waals surface area (Å²) in [5, 5.41) is 11.4. The maximum absolute atomic E-state index is 17.2. The van der Waals surface area contributed by atoms with Crippen LogP contribution in [0.1, 0.15) is 66.2 Å². The van der Waals surface area contributed by atoms with E-state index in [1.54, 1.807) is 19.9 Å². The molecule has 7 heteroatoms. The number of carbonyl (C=O) groups excluding carboxylic acids is 2. The molecule has 3 saturated carbocycles. The van der Waals surface area contributed by atoms with Crippen LogP contribution in [0.25, 0.3) is 0 Å². The highest BCUT2D eigenvalue weighted by Gasteiger charge is 2.80. The summed E-state index contributed by atoms with van der Waals surface area (Å²) >= 11 is 6.05. The quantitative estimate of drug-likeness (QED) is 0.641. The summed E-state index contributed by atoms with van der Waals surface area (Å²) < 4.78 is 29.7. The van der Waals surface area contributed by atoms with Gasteiger partial charge in [-0.25, -0.2) is 4.39 Å². The Kier molecular flexibility index (Phi) is 4.54. The first-order valence-electron chi connectivity index (χ1n) is 11.4. The van der Waals surface area contributed by atoms with Crippen molar-refractivity contribution in [2.75, 3.05) is 5.88 Å². The summed E-state index contributed by atoms with van der Waals surface area (Å²) in [7, 11) is 0. The summed E-state index contributed by atoms with van der Waals surface area (Å²) in [6.07, 6.45) is 2.28. The van der Waals surface area contributed by atoms with E-state index >= 15 is 4.39 Å². The van der Waals surface area contributed by atoms with Gasteiger partial charge >= 0.3 is 0 Å². The van der Waals surface area contributed by atoms with Gasteiger partial charge in [0.2, 0.25) is 0 Å². The van der Waals surface area contributed by atoms with Gasteiger partial charge in [0.05, 0.1) is 18.1 Å². The summed E-state index contributed by atoms with van der Waals surface area (Å²) in [6.45, 7) is 7.38. The monoisotopic (exact) mass is 454 g/mol. The Morgan fingerprint density at radius 1 is 1.26 bits per heavy atom. The highest BCUT2D eigenvalue weighted by molar-refractivity contribution is 6.29. The van der Waals surface area contributed by atoms with Gasteiger partial charge in [-0.1, -0.05) is 19.4 Å². The minimum Gasteiger partial charge on any atom is -0.390 e. The van der Waals surface area contributed by atoms with Crippen LogP contribution in [0, 0.1) is 22.7 Å². The fourth-order valence-electron chi connectivity index (χ4n) is 8.27. The minimum absolute atomic E-state index is 0.0377. The van der Waals surface area contributed by atoms with E-state index in [4.69, 9.17) is 21.1 Å². The molecule has 4 aliphatic carbocycles. The van der Waals surface area contributed by atoms with E-state index in [9.17, 15) is 14.7 Å². The summed E-state index contributed by atoms with van der Waals surface area (Å²) in [4.78, 5) is 25.3. The number of hydrogen-bond acceptors (Lipinski definition) is 5. The molecule has 0 spiro atoms. The average molecular weight is 455 g/mol. The van der Waals surface area contributed by atoms with E-state index in [-0.39, 0.29) is 29.8 Å². The number of aliphatic hydroxyl groups excluding tert-OH is 1. The van der Waals surface area contributed by atoms with Crippen LogP contribution in [0.2, 0.25) is 0 Å². The number of hydrogen-bond donors (Lipinski definition) is 1. The first-order valence-corrected chi connectivity index (χ1v) is 12.0. The van der Waals surface area contributed by atoms with Crippen molar-refractivity contribution < 1.29 is 28.6 Å². The smallest absolute Gasteiger partial charge is 0.182 e. The van der Waals surface area contributed by atoms with Crippen molar-refractivity contribution in [3.63, 3.8) is 0 Å². The zero-order valence-electron chi connectivity index (χ0n) is 18.7. The van der Waals surface area contributed by atoms with Crippen molar-refractivity contribution >= 4 is 23.2 Å². The molecule has 1 heterocycles. The lowest BCUT2D eigenvalue weighted by molar-refractivity contribution is -0.250. The predicted molar refractivity (Wildman–Crippen MR) is 112 cm³/mol. The lowest BCUT2D eigenvalue weighted by atomic mass is 9.44. The Morgan fingerprint density at radius 2 is 1.97 bits per heavy atom. The van der Waals surface area contributed by atoms with Crippen LogP contribution in [-0.4, -0.2) is 51.8 Å². The standard InChI is InChI=1S/C24H32ClFO5/c1-20(2)30-19-10-16-15-6-5-13-9-14(27)7-8-21(13,3)23(15,26)17(28)11-22(16,4)24(19,31-20)18(29)12-25/h9,15-17,19,28H,5-8,10-12H2,1-4H3/t15?,16?,17?,19-,21?,22?,23-,24-/m1/s1. The predicted octanol–water partition coefficient (Wildman–Crippen LogP) is 3.89. The molecule has 31 heavy (non-hydrogen) atoms. The van der Waals surface area contributed by atoms with Crippen LogP contribution < -0.4 is 0 Å². The molecule has 5 rings (SSSR count). The third kappa shape index (κ3) is 2.43. The normalized spacial score (nSPS) is 52.6. The number of fused-ring (bicyclic) bond motifs is 7. The second kappa shape index (κ2) is 6.40. The number of Topliss-reactive ketones (excluding diaryl/α,β-unsaturated/α-hetero) is 1. The van der Waals surface area contributed by atoms with Crippen molar-refractivity contribution in [1.29, 1.82) is 0 Å². The number of carbonyl (C=O) groups is 2. The Labute approximate surface area is 187 Å². The van der Waals surface area contributed by atoms with Crippen LogP contribution in [0.4, 0.5) is 4.39 Å². The highest BCUT2D eigenvalue weighted by Crippen LogP contribution is 2.72. The van der Waals surface area contributed by atoms with Crippen molar-refractivity contribution in [3.8, 4) is 0 Å². The molecule has 172 valence electrons. The van der Waals surface area contributed by atoms with Crippen LogP contribution in [-0.2, 0) is 19.1 Å². The second-order valence-corrected chi connectivity index (χ2v) is 11.5. The van der Waals surface area contributed by atoms with E-state index in [1.807, 2.05) is 13.8 Å². The fraction of sp³-hybridized carbons (Fsp3) is 0.833. The Balaban J connectivity index is 1.63. The largest absolute Gasteiger partial charge is 0.390 e. The van der Waals surface area contributed by atoms with Gasteiger partial charge in [0.15, 0.2) is 23.0 Å². The maximum atomic E-state index is 17.2. The Hall–Kier alpha value is -0.820. The molecule has 0 amide bonds. The van der Waals surface area contributed by atoms with Gasteiger partial charge in [0, 0.05) is 23.2 Å². The van der Waals surface area contributed by atoms with E-state index in [0.717, 1.165) is 5.57 Å². The molecule has 0 radical (unpaired) electrons. The average Bonchev–Trinajstić information content (AvgIpc) is 3.09. The molecule has 1 aliphatic heterocycles. The summed E-state index contributed by atoms with van der Waals surface area (Å²) in [5.74, 6) is -2.02. The molecule has 5 aliphatic rings. The van der Waals surface area contributed by atoms with Gasteiger partial charge in [-0.15, -0.1) is 11.6 Å². The summed E-state index contributed by atoms with van der Waals surface area (Å²) in [6, 6.07) is 0. The molecular weight excluding hydrogens is 423 g/mol. The summed E-state index contributed by atoms with van der Waals surface area (Å²) in [5.41, 5.74) is -4.00. The number of allylic oxidation sites excluding steroid dienone is 1. The lowest BCUT2D eigenvalue weighted by Crippen LogP contribution is -2.70. The third-order valence-corrected chi connectivity index (χ3v) is 9.81. The van der Waals surface area contributed by atoms with Gasteiger partial charge in [-0.05, 0) is 57.9 Å². The maximum Gasteiger partial charge on any atom is 0.182 e. The first kappa shape index (κ1) is 22.0. The van der Waals surface area contributed by atoms with Crippen LogP contribution in [0.3, 0.4) is 0 Å². The van der Waals surface area contributed by atoms with Crippen molar-refractivity contribution in [3.05, 3.63) is 11.6 Å². The molecule has 1 saturated heterocycles. The van der Waals surface area contributed by atoms with Gasteiger partial charge < -0.3 is 14.6 Å². The lowest BCUT2D eigenvalue weighted by Gasteiger charge is -2.63. The van der Waals surface area contributed by atoms with Gasteiger partial charge in [0.1, 0.15) is 5.67 Å². The van der Waals surface area contributed by atoms with Gasteiger partial charge in [0.25, 0.3) is 0 Å². The highest BCUT2D eigenvalue weighted by atomic mass is 35.5. The number of alkyl halides is 2. The molecule has 0 aromatic rings. The van der Waals surface area contributed by atoms with E-state index < -0.39 is 46.0 Å². The van der Waals surface area contributed by atoms with E-state index in [2.05, 4.69) is 0 Å². The van der Waals surface area contributed by atoms with Crippen molar-refractivity contribution in [2.24, 2.45) is 22.7 Å². The molecule has 4 fully saturated rings. The third-order valence-electron chi connectivity index (χ3n) is 9.57. The van der Waals surface area contributed by atoms with Gasteiger partial charge in [-0.2, -0.15) is 0 Å². The second-order valence-electron chi connectivity index (χ2n) is 11.3. The molecular formula is C24H32ClFO5. The van der Waals surface area contributed by atoms with Gasteiger partial charge in [-0.3, -0.25) is 9.59 Å². The number of rotatable bonds is 2. The molecule has 0 aromatic carbocycles. The van der Waals surface area contributed by atoms with E-state index in [0.29, 0.717) is 32.1 Å². The molecule has 8 atom stereocenters. The van der Waals surface area contributed by atoms with Crippen LogP contribution >= 0.6 is 11.6 Å². The zero-order valence-corrected chi connectivity index (χ0v) is 19.4. The molecule has 1 N–H and O–H groups in total. The Morgan fingerprint density at radius 3 is 2.65 bits per heavy atom. The number of aliphatic hydroxyl groups is 1. The Bertz CT molecular complexity index is 887. The zero-order chi connectivity index (χ0) is 22.6. The number of ketones is 2. The van der Waals surface area contributed by atoms with E-state index in [1.165, 1.54) is 0 Å². The van der Waals surface area contributed by atoms with Crippen LogP contribution in [0.15, 0.2) is 11.6 Å². The fourth-order valence-corrected chi connectivity index (χ4v) is 8.47. The van der Waals surface area contributed by atoms with Crippen molar-refractivity contribution in [1.82, 2.24) is 0 Å². The number of ether oxygens (including phenoxy) is 2. The van der Waals surface area contributed by atoms with Crippen molar-refractivity contribution in [2.45, 2.75) is 95.5 Å². The van der Waals surface area contributed by atoms with Crippen LogP contribution in [0.5, 0.6) is 0 Å². The topological polar surface area (TPSA) is 72.8 Å².